The van der Waals surface area contributed by atoms with Gasteiger partial charge in [-0.15, -0.1) is 0 Å². The van der Waals surface area contributed by atoms with Crippen molar-refractivity contribution in [3.63, 3.8) is 0 Å². The van der Waals surface area contributed by atoms with Gasteiger partial charge in [0.2, 0.25) is 0 Å². The summed E-state index contributed by atoms with van der Waals surface area (Å²) in [4.78, 5) is 48.7. The van der Waals surface area contributed by atoms with E-state index >= 15 is 0 Å². The summed E-state index contributed by atoms with van der Waals surface area (Å²) < 4.78 is 39.5. The van der Waals surface area contributed by atoms with Crippen LogP contribution < -0.4 is 0 Å². The largest absolute Gasteiger partial charge is 0.472 e. The molecule has 0 aliphatic heterocycles. The van der Waals surface area contributed by atoms with Crippen molar-refractivity contribution in [1.82, 2.24) is 0 Å². The third kappa shape index (κ3) is 56.6. The normalized spacial score (nSPS) is 14.2. The van der Waals surface area contributed by atoms with E-state index in [9.17, 15) is 28.9 Å². The highest BCUT2D eigenvalue weighted by Crippen LogP contribution is 2.43. The number of esters is 3. The van der Waals surface area contributed by atoms with Crippen molar-refractivity contribution < 1.29 is 52.2 Å². The Morgan fingerprint density at radius 3 is 1.05 bits per heavy atom. The zero-order chi connectivity index (χ0) is 56.9. The average Bonchev–Trinajstić information content (AvgIpc) is 3.43. The molecule has 444 valence electrons. The fourth-order valence-electron chi connectivity index (χ4n) is 7.78. The first-order chi connectivity index (χ1) is 38.2. The van der Waals surface area contributed by atoms with Crippen LogP contribution in [0.2, 0.25) is 0 Å². The zero-order valence-electron chi connectivity index (χ0n) is 49.1. The van der Waals surface area contributed by atoms with Gasteiger partial charge >= 0.3 is 25.7 Å². The highest BCUT2D eigenvalue weighted by molar-refractivity contribution is 7.47. The van der Waals surface area contributed by atoms with Gasteiger partial charge in [-0.05, 0) is 128 Å². The van der Waals surface area contributed by atoms with Crippen LogP contribution in [0.15, 0.2) is 122 Å². The minimum absolute atomic E-state index is 0.125. The summed E-state index contributed by atoms with van der Waals surface area (Å²) in [6.45, 7) is 4.34. The quantitative estimate of drug-likeness (QED) is 0.0197. The molecule has 0 bridgehead atoms. The lowest BCUT2D eigenvalue weighted by Crippen LogP contribution is -2.30. The Labute approximate surface area is 475 Å². The first kappa shape index (κ1) is 73.9. The molecule has 0 aliphatic rings. The Hall–Kier alpha value is -4.12. The number of rotatable bonds is 55. The topological polar surface area (TPSA) is 155 Å². The maximum atomic E-state index is 12.9. The van der Waals surface area contributed by atoms with Crippen LogP contribution in [-0.2, 0) is 42.2 Å². The van der Waals surface area contributed by atoms with Crippen molar-refractivity contribution in [1.29, 1.82) is 0 Å². The lowest BCUT2D eigenvalue weighted by molar-refractivity contribution is -0.161. The minimum Gasteiger partial charge on any atom is -0.462 e. The Kier molecular flexibility index (Phi) is 55.9. The molecule has 0 spiro atoms. The van der Waals surface area contributed by atoms with Gasteiger partial charge in [0.05, 0.1) is 19.8 Å². The number of hydrogen-bond acceptors (Lipinski definition) is 10. The Bertz CT molecular complexity index is 1770. The van der Waals surface area contributed by atoms with E-state index in [1.807, 2.05) is 0 Å². The van der Waals surface area contributed by atoms with Gasteiger partial charge in [0.15, 0.2) is 6.10 Å². The number of aliphatic hydroxyl groups excluding tert-OH is 1. The zero-order valence-corrected chi connectivity index (χ0v) is 50.0. The lowest BCUT2D eigenvalue weighted by atomic mass is 10.1. The molecule has 11 nitrogen and oxygen atoms in total. The predicted molar refractivity (Wildman–Crippen MR) is 325 cm³/mol. The first-order valence-corrected chi connectivity index (χ1v) is 31.9. The third-order valence-electron chi connectivity index (χ3n) is 12.3. The predicted octanol–water partition coefficient (Wildman–Crippen LogP) is 18.4. The van der Waals surface area contributed by atoms with E-state index in [0.717, 1.165) is 141 Å². The van der Waals surface area contributed by atoms with Crippen molar-refractivity contribution in [2.45, 2.75) is 251 Å². The van der Waals surface area contributed by atoms with Crippen molar-refractivity contribution in [2.75, 3.05) is 26.4 Å². The van der Waals surface area contributed by atoms with Gasteiger partial charge in [0.25, 0.3) is 0 Å². The van der Waals surface area contributed by atoms with Gasteiger partial charge < -0.3 is 24.2 Å². The molecule has 3 atom stereocenters. The molecule has 0 aromatic rings. The number of hydrogen-bond donors (Lipinski definition) is 2. The first-order valence-electron chi connectivity index (χ1n) is 30.4. The molecule has 78 heavy (non-hydrogen) atoms. The molecule has 0 radical (unpaired) electrons. The Balaban J connectivity index is 4.84. The number of phosphoric ester groups is 1. The monoisotopic (exact) mass is 1110 g/mol. The average molecular weight is 1110 g/mol. The van der Waals surface area contributed by atoms with E-state index < -0.39 is 57.8 Å². The number of carbonyl (C=O) groups excluding carboxylic acids is 3. The van der Waals surface area contributed by atoms with Crippen LogP contribution in [0, 0.1) is 0 Å². The molecular formula is C66H109O11P. The third-order valence-corrected chi connectivity index (χ3v) is 13.3. The molecule has 0 heterocycles. The van der Waals surface area contributed by atoms with Gasteiger partial charge in [-0.2, -0.15) is 0 Å². The van der Waals surface area contributed by atoms with Crippen LogP contribution in [-0.4, -0.2) is 66.5 Å². The molecule has 12 heteroatoms. The second kappa shape index (κ2) is 59.0. The molecule has 0 aromatic heterocycles. The van der Waals surface area contributed by atoms with E-state index in [0.29, 0.717) is 19.3 Å². The molecule has 0 saturated carbocycles. The summed E-state index contributed by atoms with van der Waals surface area (Å²) in [5, 5.41) is 9.83. The van der Waals surface area contributed by atoms with E-state index in [1.165, 1.54) is 38.5 Å². The molecule has 3 unspecified atom stereocenters. The molecule has 0 aliphatic carbocycles. The summed E-state index contributed by atoms with van der Waals surface area (Å²) in [5.74, 6) is -1.55. The van der Waals surface area contributed by atoms with Crippen molar-refractivity contribution in [2.24, 2.45) is 0 Å². The second-order valence-corrected chi connectivity index (χ2v) is 21.2. The number of aliphatic hydroxyl groups is 1. The molecule has 0 amide bonds. The maximum Gasteiger partial charge on any atom is 0.472 e. The van der Waals surface area contributed by atoms with Crippen LogP contribution in [0.4, 0.5) is 0 Å². The van der Waals surface area contributed by atoms with Crippen molar-refractivity contribution in [3.05, 3.63) is 122 Å². The van der Waals surface area contributed by atoms with Crippen LogP contribution in [0.3, 0.4) is 0 Å². The van der Waals surface area contributed by atoms with Crippen LogP contribution in [0.5, 0.6) is 0 Å². The summed E-state index contributed by atoms with van der Waals surface area (Å²) in [5.41, 5.74) is 0. The fraction of sp³-hybridized carbons (Fsp3) is 0.652. The smallest absolute Gasteiger partial charge is 0.462 e. The Morgan fingerprint density at radius 1 is 0.372 bits per heavy atom. The number of allylic oxidation sites excluding steroid dienone is 20. The number of unbranched alkanes of at least 4 members (excludes halogenated alkanes) is 18. The summed E-state index contributed by atoms with van der Waals surface area (Å²) in [6, 6.07) is 0. The van der Waals surface area contributed by atoms with Gasteiger partial charge in [-0.25, -0.2) is 4.57 Å². The number of phosphoric acid groups is 1. The Morgan fingerprint density at radius 2 is 0.667 bits per heavy atom. The molecule has 0 saturated heterocycles. The van der Waals surface area contributed by atoms with Gasteiger partial charge in [0, 0.05) is 19.3 Å². The SMILES string of the molecule is CC/C=C\C/C=C\C/C=C\C/C=C\C/C=C\CCCCCC(=O)OCC(COP(=O)(O)OCC(CO)OC(=O)CCCCCCC/C=C\CCCCCCCC)OC(=O)CCCCCC/C=C\C/C=C\C/C=C\C/C=C\CC. The molecule has 0 aromatic carbocycles. The van der Waals surface area contributed by atoms with Crippen LogP contribution in [0.25, 0.3) is 0 Å². The molecular weight excluding hydrogens is 1000 g/mol. The van der Waals surface area contributed by atoms with E-state index in [1.54, 1.807) is 0 Å². The highest BCUT2D eigenvalue weighted by atomic mass is 31.2. The molecule has 2 N–H and O–H groups in total. The standard InChI is InChI=1S/C66H109O11P/c1-4-7-10-13-16-19-22-25-28-30-31-33-35-37-40-43-46-49-52-55-64(68)73-59-63(77-66(70)57-54-51-48-45-42-39-36-32-29-26-23-20-17-14-11-8-5-2)61-75-78(71,72)74-60-62(58-67)76-65(69)56-53-50-47-44-41-38-34-27-24-21-18-15-12-9-6-3/h7-8,10-11,16-17,19-20,25-29,31,33-34,36-37,39-40,62-63,67H,4-6,9,12-15,18,21-24,30,32,35,38,41-61H2,1-3H3,(H,71,72)/b10-7-,11-8-,19-16-,20-17-,28-25-,29-26-,33-31-,34-27-,39-36-,40-37-. The minimum atomic E-state index is -4.78. The second-order valence-electron chi connectivity index (χ2n) is 19.7. The van der Waals surface area contributed by atoms with Crippen LogP contribution in [0.1, 0.15) is 239 Å². The van der Waals surface area contributed by atoms with E-state index in [2.05, 4.69) is 142 Å². The summed E-state index contributed by atoms with van der Waals surface area (Å²) in [7, 11) is -4.78. The summed E-state index contributed by atoms with van der Waals surface area (Å²) >= 11 is 0. The van der Waals surface area contributed by atoms with Gasteiger partial charge in [-0.3, -0.25) is 23.4 Å². The van der Waals surface area contributed by atoms with Crippen molar-refractivity contribution in [3.8, 4) is 0 Å². The van der Waals surface area contributed by atoms with Gasteiger partial charge in [0.1, 0.15) is 12.7 Å². The van der Waals surface area contributed by atoms with Gasteiger partial charge in [-0.1, -0.05) is 213 Å². The van der Waals surface area contributed by atoms with Crippen LogP contribution >= 0.6 is 7.82 Å². The molecule has 0 fully saturated rings. The molecule has 0 rings (SSSR count). The van der Waals surface area contributed by atoms with E-state index in [-0.39, 0.29) is 25.9 Å². The number of carbonyl (C=O) groups is 3. The summed E-state index contributed by atoms with van der Waals surface area (Å²) in [6.07, 6.45) is 72.9. The maximum absolute atomic E-state index is 12.9. The lowest BCUT2D eigenvalue weighted by Gasteiger charge is -2.21. The van der Waals surface area contributed by atoms with Crippen molar-refractivity contribution >= 4 is 25.7 Å². The fourth-order valence-corrected chi connectivity index (χ4v) is 8.56. The number of ether oxygens (including phenoxy) is 3. The highest BCUT2D eigenvalue weighted by Gasteiger charge is 2.28. The van der Waals surface area contributed by atoms with E-state index in [4.69, 9.17) is 23.3 Å².